The molecule has 92 valence electrons. The second kappa shape index (κ2) is 7.53. The number of hydrogen-bond donors (Lipinski definition) is 7. The van der Waals surface area contributed by atoms with Crippen molar-refractivity contribution >= 4 is 17.8 Å². The van der Waals surface area contributed by atoms with Gasteiger partial charge in [0.25, 0.3) is 0 Å². The van der Waals surface area contributed by atoms with Gasteiger partial charge in [0.05, 0.1) is 0 Å². The number of hydrogen-bond acceptors (Lipinski definition) is 10. The zero-order valence-electron chi connectivity index (χ0n) is 8.51. The standard InChI is InChI=1S/C6H12N6O3.H3N/c13-1-7-4-10-5(8-2-14)12-6(11-4)9-3-15;/h13-15H,1-3H2,(H3,7,8,9,10,11,12);1H3. The van der Waals surface area contributed by atoms with Crippen LogP contribution in [0.1, 0.15) is 0 Å². The van der Waals surface area contributed by atoms with E-state index in [9.17, 15) is 0 Å². The Morgan fingerprint density at radius 2 is 0.938 bits per heavy atom. The average Bonchev–Trinajstić information content (AvgIpc) is 2.19. The van der Waals surface area contributed by atoms with Crippen molar-refractivity contribution in [3.63, 3.8) is 0 Å². The van der Waals surface area contributed by atoms with Crippen molar-refractivity contribution in [1.29, 1.82) is 0 Å². The first-order valence-corrected chi connectivity index (χ1v) is 4.10. The van der Waals surface area contributed by atoms with E-state index >= 15 is 0 Å². The number of nitrogens with zero attached hydrogens (tertiary/aromatic N) is 3. The van der Waals surface area contributed by atoms with Gasteiger partial charge in [-0.1, -0.05) is 0 Å². The molecule has 0 saturated heterocycles. The average molecular weight is 233 g/mol. The SMILES string of the molecule is N.OCNc1nc(NCO)nc(NCO)n1. The molecule has 0 bridgehead atoms. The first-order chi connectivity index (χ1) is 7.30. The summed E-state index contributed by atoms with van der Waals surface area (Å²) in [4.78, 5) is 11.4. The molecule has 1 aromatic rings. The molecule has 16 heavy (non-hydrogen) atoms. The summed E-state index contributed by atoms with van der Waals surface area (Å²) in [5, 5.41) is 33.2. The number of aliphatic hydroxyl groups excluding tert-OH is 3. The predicted molar refractivity (Wildman–Crippen MR) is 57.0 cm³/mol. The largest absolute Gasteiger partial charge is 0.376 e. The minimum Gasteiger partial charge on any atom is -0.376 e. The molecule has 0 fully saturated rings. The maximum atomic E-state index is 8.61. The van der Waals surface area contributed by atoms with Crippen LogP contribution in [0.25, 0.3) is 0 Å². The second-order valence-electron chi connectivity index (χ2n) is 2.31. The Morgan fingerprint density at radius 3 is 1.12 bits per heavy atom. The van der Waals surface area contributed by atoms with Gasteiger partial charge < -0.3 is 37.4 Å². The molecule has 1 aromatic heterocycles. The van der Waals surface area contributed by atoms with Crippen LogP contribution in [-0.4, -0.2) is 50.5 Å². The fourth-order valence-electron chi connectivity index (χ4n) is 0.825. The van der Waals surface area contributed by atoms with Crippen LogP contribution >= 0.6 is 0 Å². The summed E-state index contributed by atoms with van der Waals surface area (Å²) < 4.78 is 0. The highest BCUT2D eigenvalue weighted by molar-refractivity contribution is 5.41. The van der Waals surface area contributed by atoms with Gasteiger partial charge in [-0.2, -0.15) is 15.0 Å². The molecule has 10 nitrogen and oxygen atoms in total. The molecule has 0 amide bonds. The summed E-state index contributed by atoms with van der Waals surface area (Å²) in [5.41, 5.74) is 0. The Balaban J connectivity index is 0.00000225. The van der Waals surface area contributed by atoms with Crippen molar-refractivity contribution < 1.29 is 15.3 Å². The lowest BCUT2D eigenvalue weighted by Crippen LogP contribution is -2.13. The van der Waals surface area contributed by atoms with Gasteiger partial charge in [0, 0.05) is 0 Å². The molecule has 0 aromatic carbocycles. The number of aliphatic hydroxyl groups is 3. The van der Waals surface area contributed by atoms with E-state index in [1.54, 1.807) is 0 Å². The van der Waals surface area contributed by atoms with E-state index in [0.29, 0.717) is 0 Å². The Morgan fingerprint density at radius 1 is 0.688 bits per heavy atom. The maximum absolute atomic E-state index is 8.61. The fourth-order valence-corrected chi connectivity index (χ4v) is 0.825. The minimum atomic E-state index is -0.332. The maximum Gasteiger partial charge on any atom is 0.231 e. The summed E-state index contributed by atoms with van der Waals surface area (Å²) in [6.45, 7) is -0.997. The van der Waals surface area contributed by atoms with Crippen LogP contribution < -0.4 is 22.1 Å². The van der Waals surface area contributed by atoms with Crippen LogP contribution in [-0.2, 0) is 0 Å². The highest BCUT2D eigenvalue weighted by Gasteiger charge is 2.04. The highest BCUT2D eigenvalue weighted by Crippen LogP contribution is 2.07. The van der Waals surface area contributed by atoms with Gasteiger partial charge in [0.15, 0.2) is 0 Å². The van der Waals surface area contributed by atoms with E-state index in [1.165, 1.54) is 0 Å². The Hall–Kier alpha value is -1.75. The van der Waals surface area contributed by atoms with E-state index in [-0.39, 0.29) is 44.2 Å². The van der Waals surface area contributed by atoms with Crippen LogP contribution in [0.4, 0.5) is 17.8 Å². The molecule has 10 heteroatoms. The Bertz CT molecular complexity index is 250. The van der Waals surface area contributed by atoms with E-state index in [2.05, 4.69) is 30.9 Å². The molecule has 0 aliphatic carbocycles. The molecule has 0 aliphatic heterocycles. The van der Waals surface area contributed by atoms with Crippen LogP contribution in [0.15, 0.2) is 0 Å². The third-order valence-electron chi connectivity index (χ3n) is 1.35. The number of aromatic nitrogens is 3. The molecular weight excluding hydrogens is 218 g/mol. The monoisotopic (exact) mass is 233 g/mol. The summed E-state index contributed by atoms with van der Waals surface area (Å²) >= 11 is 0. The fraction of sp³-hybridized carbons (Fsp3) is 0.500. The molecule has 0 atom stereocenters. The molecule has 1 rings (SSSR count). The first-order valence-electron chi connectivity index (χ1n) is 4.10. The van der Waals surface area contributed by atoms with Gasteiger partial charge in [0.1, 0.15) is 20.2 Å². The lowest BCUT2D eigenvalue weighted by atomic mass is 10.8. The quantitative estimate of drug-likeness (QED) is 0.276. The Labute approximate surface area is 91.4 Å². The molecule has 0 aliphatic rings. The molecule has 1 heterocycles. The van der Waals surface area contributed by atoms with E-state index in [4.69, 9.17) is 15.3 Å². The van der Waals surface area contributed by atoms with E-state index < -0.39 is 0 Å². The zero-order chi connectivity index (χ0) is 11.1. The highest BCUT2D eigenvalue weighted by atomic mass is 16.3. The molecule has 0 saturated carbocycles. The second-order valence-corrected chi connectivity index (χ2v) is 2.31. The molecule has 0 spiro atoms. The number of nitrogens with one attached hydrogen (secondary N) is 3. The lowest BCUT2D eigenvalue weighted by molar-refractivity contribution is 0.322. The predicted octanol–water partition coefficient (Wildman–Crippen LogP) is -1.88. The van der Waals surface area contributed by atoms with Crippen molar-refractivity contribution in [2.45, 2.75) is 0 Å². The van der Waals surface area contributed by atoms with Crippen molar-refractivity contribution in [1.82, 2.24) is 21.1 Å². The topological polar surface area (TPSA) is 170 Å². The third-order valence-corrected chi connectivity index (χ3v) is 1.35. The Kier molecular flexibility index (Phi) is 6.71. The molecule has 9 N–H and O–H groups in total. The summed E-state index contributed by atoms with van der Waals surface area (Å²) in [7, 11) is 0. The van der Waals surface area contributed by atoms with Gasteiger partial charge in [-0.15, -0.1) is 0 Å². The summed E-state index contributed by atoms with van der Waals surface area (Å²) in [5.74, 6) is 0.373. The van der Waals surface area contributed by atoms with Gasteiger partial charge in [-0.3, -0.25) is 0 Å². The minimum absolute atomic E-state index is 0. The molecular formula is C6H15N7O3. The van der Waals surface area contributed by atoms with Crippen molar-refractivity contribution in [3.8, 4) is 0 Å². The first kappa shape index (κ1) is 14.2. The smallest absolute Gasteiger partial charge is 0.231 e. The van der Waals surface area contributed by atoms with Crippen molar-refractivity contribution in [2.75, 3.05) is 36.1 Å². The number of anilines is 3. The number of rotatable bonds is 6. The van der Waals surface area contributed by atoms with Gasteiger partial charge in [0.2, 0.25) is 17.8 Å². The molecule has 0 radical (unpaired) electrons. The van der Waals surface area contributed by atoms with Crippen LogP contribution in [0.2, 0.25) is 0 Å². The summed E-state index contributed by atoms with van der Waals surface area (Å²) in [6, 6.07) is 0. The van der Waals surface area contributed by atoms with Crippen LogP contribution in [0, 0.1) is 0 Å². The third kappa shape index (κ3) is 4.18. The van der Waals surface area contributed by atoms with Gasteiger partial charge in [-0.25, -0.2) is 0 Å². The van der Waals surface area contributed by atoms with E-state index in [1.807, 2.05) is 0 Å². The van der Waals surface area contributed by atoms with Crippen LogP contribution in [0.3, 0.4) is 0 Å². The lowest BCUT2D eigenvalue weighted by Gasteiger charge is -2.07. The summed E-state index contributed by atoms with van der Waals surface area (Å²) in [6.07, 6.45) is 0. The molecule has 0 unspecified atom stereocenters. The van der Waals surface area contributed by atoms with Crippen molar-refractivity contribution in [2.24, 2.45) is 0 Å². The zero-order valence-corrected chi connectivity index (χ0v) is 8.51. The van der Waals surface area contributed by atoms with Gasteiger partial charge in [-0.05, 0) is 0 Å². The van der Waals surface area contributed by atoms with Gasteiger partial charge >= 0.3 is 0 Å². The van der Waals surface area contributed by atoms with E-state index in [0.717, 1.165) is 0 Å². The van der Waals surface area contributed by atoms with Crippen molar-refractivity contribution in [3.05, 3.63) is 0 Å². The normalized spacial score (nSPS) is 9.19. The van der Waals surface area contributed by atoms with Crippen LogP contribution in [0.5, 0.6) is 0 Å².